The Morgan fingerprint density at radius 1 is 0.846 bits per heavy atom. The Labute approximate surface area is 323 Å². The van der Waals surface area contributed by atoms with Crippen molar-refractivity contribution in [3.63, 3.8) is 0 Å². The van der Waals surface area contributed by atoms with Crippen LogP contribution in [0.1, 0.15) is 124 Å². The fraction of sp³-hybridized carbons (Fsp3) is 0.413. The quantitative estimate of drug-likeness (QED) is 0.0642. The molecule has 0 aliphatic heterocycles. The molecule has 5 nitrogen and oxygen atoms in total. The number of aryl methyl sites for hydroxylation is 1. The maximum absolute atomic E-state index is 12.2. The number of benzene rings is 4. The zero-order valence-electron chi connectivity index (χ0n) is 32.8. The number of hydrogen-bond donors (Lipinski definition) is 1. The van der Waals surface area contributed by atoms with Gasteiger partial charge in [0.1, 0.15) is 17.2 Å². The minimum Gasteiger partial charge on any atom is -0.512 e. The second kappa shape index (κ2) is 16.4. The van der Waals surface area contributed by atoms with Crippen LogP contribution in [0.25, 0.3) is 54.9 Å². The molecule has 0 fully saturated rings. The number of para-hydroxylation sites is 1. The predicted molar refractivity (Wildman–Crippen MR) is 215 cm³/mol. The average molecular weight is 876 g/mol. The summed E-state index contributed by atoms with van der Waals surface area (Å²) < 4.78 is 6.33. The van der Waals surface area contributed by atoms with Crippen molar-refractivity contribution in [1.82, 2.24) is 9.97 Å². The Bertz CT molecular complexity index is 2240. The van der Waals surface area contributed by atoms with E-state index in [-0.39, 0.29) is 42.5 Å². The zero-order valence-corrected chi connectivity index (χ0v) is 35.2. The summed E-state index contributed by atoms with van der Waals surface area (Å²) in [7, 11) is 0. The van der Waals surface area contributed by atoms with Crippen LogP contribution in [-0.2, 0) is 24.9 Å². The van der Waals surface area contributed by atoms with Crippen molar-refractivity contribution in [2.75, 3.05) is 0 Å². The first-order valence-corrected chi connectivity index (χ1v) is 18.7. The van der Waals surface area contributed by atoms with E-state index in [9.17, 15) is 9.90 Å². The van der Waals surface area contributed by atoms with E-state index in [2.05, 4.69) is 70.2 Å². The van der Waals surface area contributed by atoms with E-state index < -0.39 is 0 Å². The molecule has 0 spiro atoms. The molecule has 1 N–H and O–H groups in total. The summed E-state index contributed by atoms with van der Waals surface area (Å²) in [4.78, 5) is 22.1. The van der Waals surface area contributed by atoms with Crippen LogP contribution in [0.4, 0.5) is 0 Å². The molecule has 52 heavy (non-hydrogen) atoms. The fourth-order valence-corrected chi connectivity index (χ4v) is 6.75. The number of carbonyl (C=O) groups is 1. The van der Waals surface area contributed by atoms with Crippen molar-refractivity contribution in [1.29, 1.82) is 0 Å². The van der Waals surface area contributed by atoms with Crippen LogP contribution in [0.2, 0.25) is 0 Å². The van der Waals surface area contributed by atoms with Crippen LogP contribution in [0.15, 0.2) is 76.9 Å². The number of furan rings is 1. The third kappa shape index (κ3) is 7.75. The first-order valence-electron chi connectivity index (χ1n) is 18.7. The van der Waals surface area contributed by atoms with Crippen LogP contribution in [-0.4, -0.2) is 20.9 Å². The number of fused-ring (bicyclic) bond motifs is 6. The van der Waals surface area contributed by atoms with E-state index in [1.54, 1.807) is 0 Å². The predicted octanol–water partition coefficient (Wildman–Crippen LogP) is 13.4. The topological polar surface area (TPSA) is 76.2 Å². The average Bonchev–Trinajstić information content (AvgIpc) is 3.52. The summed E-state index contributed by atoms with van der Waals surface area (Å²) in [6.45, 7) is 23.1. The molecular formula is C46H55IrN2O3-. The molecule has 0 saturated heterocycles. The number of aliphatic hydroxyl groups is 1. The molecule has 0 bridgehead atoms. The SMILES string of the molecule is CCC(C)(CC)C(=O)/C=C(\O)C(C)(CC)CC.Cc1nc(-c2[c-]ccc3c2oc2ccccc23)c2ccc3cc(C(C)C)cc(C(C)C)c3c2n1.[Ir]. The van der Waals surface area contributed by atoms with Gasteiger partial charge in [-0.05, 0) is 72.4 Å². The second-order valence-electron chi connectivity index (χ2n) is 15.2. The number of hydrogen-bond acceptors (Lipinski definition) is 5. The molecule has 4 aromatic carbocycles. The molecule has 0 aliphatic rings. The molecule has 0 amide bonds. The van der Waals surface area contributed by atoms with Gasteiger partial charge in [0.05, 0.1) is 11.1 Å². The first-order chi connectivity index (χ1) is 24.2. The molecule has 0 atom stereocenters. The van der Waals surface area contributed by atoms with Crippen molar-refractivity contribution in [2.45, 2.75) is 114 Å². The summed E-state index contributed by atoms with van der Waals surface area (Å²) in [5.41, 5.74) is 6.55. The number of nitrogens with zero attached hydrogens (tertiary/aromatic N) is 2. The van der Waals surface area contributed by atoms with E-state index in [0.717, 1.165) is 75.6 Å². The summed E-state index contributed by atoms with van der Waals surface area (Å²) in [5.74, 6) is 1.89. The first kappa shape index (κ1) is 40.9. The Hall–Kier alpha value is -3.86. The molecular weight excluding hydrogens is 821 g/mol. The van der Waals surface area contributed by atoms with Crippen LogP contribution in [0.5, 0.6) is 0 Å². The summed E-state index contributed by atoms with van der Waals surface area (Å²) in [6.07, 6.45) is 4.75. The van der Waals surface area contributed by atoms with Gasteiger partial charge in [0.2, 0.25) is 0 Å². The van der Waals surface area contributed by atoms with Gasteiger partial charge in [-0.1, -0.05) is 123 Å². The maximum atomic E-state index is 12.2. The smallest absolute Gasteiger partial charge is 0.164 e. The third-order valence-electron chi connectivity index (χ3n) is 11.4. The van der Waals surface area contributed by atoms with Crippen LogP contribution < -0.4 is 0 Å². The van der Waals surface area contributed by atoms with E-state index >= 15 is 0 Å². The number of rotatable bonds is 10. The molecule has 2 aromatic heterocycles. The van der Waals surface area contributed by atoms with Crippen molar-refractivity contribution in [2.24, 2.45) is 10.8 Å². The Morgan fingerprint density at radius 2 is 1.50 bits per heavy atom. The van der Waals surface area contributed by atoms with Crippen molar-refractivity contribution in [3.8, 4) is 11.3 Å². The van der Waals surface area contributed by atoms with Gasteiger partial charge in [0, 0.05) is 53.5 Å². The molecule has 0 aliphatic carbocycles. The van der Waals surface area contributed by atoms with Gasteiger partial charge >= 0.3 is 0 Å². The second-order valence-corrected chi connectivity index (χ2v) is 15.2. The number of carbonyl (C=O) groups excluding carboxylic acids is 1. The van der Waals surface area contributed by atoms with E-state index in [1.807, 2.05) is 72.7 Å². The number of aromatic nitrogens is 2. The molecule has 6 rings (SSSR count). The zero-order chi connectivity index (χ0) is 37.2. The van der Waals surface area contributed by atoms with Gasteiger partial charge in [-0.3, -0.25) is 9.78 Å². The van der Waals surface area contributed by atoms with Gasteiger partial charge in [0.15, 0.2) is 5.78 Å². The molecule has 2 heterocycles. The van der Waals surface area contributed by atoms with Crippen LogP contribution in [0, 0.1) is 23.8 Å². The Balaban J connectivity index is 0.000000289. The summed E-state index contributed by atoms with van der Waals surface area (Å²) in [6, 6.07) is 24.7. The van der Waals surface area contributed by atoms with Gasteiger partial charge in [-0.2, -0.15) is 0 Å². The molecule has 1 radical (unpaired) electrons. The molecule has 0 unspecified atom stereocenters. The van der Waals surface area contributed by atoms with Crippen molar-refractivity contribution >= 4 is 49.4 Å². The molecule has 6 aromatic rings. The van der Waals surface area contributed by atoms with Crippen LogP contribution >= 0.6 is 0 Å². The Morgan fingerprint density at radius 3 is 2.12 bits per heavy atom. The van der Waals surface area contributed by atoms with E-state index in [0.29, 0.717) is 11.8 Å². The van der Waals surface area contributed by atoms with Gasteiger partial charge < -0.3 is 9.52 Å². The molecule has 277 valence electrons. The minimum absolute atomic E-state index is 0. The van der Waals surface area contributed by atoms with Crippen molar-refractivity contribution < 1.29 is 34.4 Å². The summed E-state index contributed by atoms with van der Waals surface area (Å²) >= 11 is 0. The molecule has 0 saturated carbocycles. The normalized spacial score (nSPS) is 12.5. The minimum atomic E-state index is -0.337. The number of ketones is 1. The standard InChI is InChI=1S/C31H27N2O.C15H28O2.Ir/c1-17(2)21-15-20-13-14-24-29(32-19(5)33-30(24)28(20)26(16-21)18(3)4)25-11-8-10-23-22-9-6-7-12-27(22)34-31(23)25;1-7-14(5,8-2)12(16)11-13(17)15(6,9-3)10-4;/h6-10,12-18H,1-5H3;11,16H,7-10H2,1-6H3;/q-1;;/b;12-11-;. The maximum Gasteiger partial charge on any atom is 0.164 e. The number of allylic oxidation sites excluding steroid dienone is 2. The fourth-order valence-electron chi connectivity index (χ4n) is 6.75. The van der Waals surface area contributed by atoms with Gasteiger partial charge in [-0.15, -0.1) is 18.2 Å². The van der Waals surface area contributed by atoms with Crippen LogP contribution in [0.3, 0.4) is 0 Å². The summed E-state index contributed by atoms with van der Waals surface area (Å²) in [5, 5.41) is 15.8. The van der Waals surface area contributed by atoms with Gasteiger partial charge in [0.25, 0.3) is 0 Å². The van der Waals surface area contributed by atoms with Gasteiger partial charge in [-0.25, -0.2) is 4.98 Å². The van der Waals surface area contributed by atoms with E-state index in [4.69, 9.17) is 14.4 Å². The molecule has 6 heteroatoms. The Kier molecular flexibility index (Phi) is 12.9. The third-order valence-corrected chi connectivity index (χ3v) is 11.4. The van der Waals surface area contributed by atoms with E-state index in [1.165, 1.54) is 28.0 Å². The number of aliphatic hydroxyl groups excluding tert-OH is 1. The van der Waals surface area contributed by atoms with Crippen molar-refractivity contribution in [3.05, 3.63) is 95.5 Å². The monoisotopic (exact) mass is 876 g/mol. The largest absolute Gasteiger partial charge is 0.512 e.